The molecule has 1 aromatic heterocycles. The Balaban J connectivity index is 1.07. The number of nitriles is 1. The molecule has 3 aromatic rings. The Labute approximate surface area is 238 Å². The van der Waals surface area contributed by atoms with Crippen molar-refractivity contribution in [2.45, 2.75) is 50.7 Å². The maximum Gasteiger partial charge on any atom is 0.416 e. The largest absolute Gasteiger partial charge is 0.489 e. The van der Waals surface area contributed by atoms with Gasteiger partial charge in [-0.3, -0.25) is 24.6 Å². The average Bonchev–Trinajstić information content (AvgIpc) is 3.68. The van der Waals surface area contributed by atoms with Gasteiger partial charge in [-0.25, -0.2) is 4.68 Å². The van der Waals surface area contributed by atoms with Crippen molar-refractivity contribution < 1.29 is 32.3 Å². The number of nitrogens with one attached hydrogen (secondary N) is 1. The van der Waals surface area contributed by atoms with Crippen LogP contribution < -0.4 is 10.1 Å². The van der Waals surface area contributed by atoms with E-state index >= 15 is 0 Å². The van der Waals surface area contributed by atoms with Crippen molar-refractivity contribution in [2.75, 3.05) is 13.1 Å². The molecule has 13 heteroatoms. The molecule has 2 saturated heterocycles. The predicted molar refractivity (Wildman–Crippen MR) is 140 cm³/mol. The number of ether oxygens (including phenoxy) is 1. The molecule has 0 saturated carbocycles. The van der Waals surface area contributed by atoms with Gasteiger partial charge in [-0.1, -0.05) is 0 Å². The molecule has 3 aliphatic heterocycles. The van der Waals surface area contributed by atoms with Crippen molar-refractivity contribution in [1.82, 2.24) is 24.9 Å². The Morgan fingerprint density at radius 2 is 1.95 bits per heavy atom. The number of fused-ring (bicyclic) bond motifs is 1. The van der Waals surface area contributed by atoms with Crippen LogP contribution >= 0.6 is 0 Å². The van der Waals surface area contributed by atoms with Gasteiger partial charge in [-0.15, -0.1) is 0 Å². The van der Waals surface area contributed by atoms with Crippen molar-refractivity contribution in [2.24, 2.45) is 0 Å². The van der Waals surface area contributed by atoms with E-state index < -0.39 is 23.7 Å². The number of imide groups is 1. The Hall–Kier alpha value is -4.70. The smallest absolute Gasteiger partial charge is 0.416 e. The summed E-state index contributed by atoms with van der Waals surface area (Å²) in [5.41, 5.74) is 1.22. The zero-order valence-electron chi connectivity index (χ0n) is 22.2. The van der Waals surface area contributed by atoms with E-state index in [1.807, 2.05) is 6.07 Å². The fourth-order valence-corrected chi connectivity index (χ4v) is 5.67. The topological polar surface area (TPSA) is 121 Å². The summed E-state index contributed by atoms with van der Waals surface area (Å²) >= 11 is 0. The Morgan fingerprint density at radius 1 is 1.12 bits per heavy atom. The molecule has 0 bridgehead atoms. The van der Waals surface area contributed by atoms with Crippen molar-refractivity contribution in [3.05, 3.63) is 76.6 Å². The first kappa shape index (κ1) is 27.5. The second-order valence-electron chi connectivity index (χ2n) is 10.7. The number of benzene rings is 2. The third kappa shape index (κ3) is 5.45. The highest BCUT2D eigenvalue weighted by Crippen LogP contribution is 2.33. The highest BCUT2D eigenvalue weighted by atomic mass is 19.4. The van der Waals surface area contributed by atoms with Gasteiger partial charge in [0.15, 0.2) is 0 Å². The second kappa shape index (κ2) is 10.6. The SMILES string of the molecule is N#Cc1cc(-n2cc(CN3CC[C@H](Oc4ccc5c(c4)CN(C4CCC(=O)NC4=O)C5=O)C3)cn2)cc(C(F)(F)F)c1. The number of aromatic nitrogens is 2. The maximum atomic E-state index is 13.3. The van der Waals surface area contributed by atoms with Gasteiger partial charge >= 0.3 is 6.18 Å². The zero-order chi connectivity index (χ0) is 29.6. The van der Waals surface area contributed by atoms with Crippen molar-refractivity contribution in [3.8, 4) is 17.5 Å². The number of likely N-dealkylation sites (tertiary alicyclic amines) is 1. The number of piperidine rings is 1. The summed E-state index contributed by atoms with van der Waals surface area (Å²) in [6, 6.07) is 9.48. The van der Waals surface area contributed by atoms with Gasteiger partial charge in [0.2, 0.25) is 11.8 Å². The molecule has 0 radical (unpaired) electrons. The minimum absolute atomic E-state index is 0.101. The summed E-state index contributed by atoms with van der Waals surface area (Å²) in [4.78, 5) is 40.3. The lowest BCUT2D eigenvalue weighted by Crippen LogP contribution is -2.52. The monoisotopic (exact) mass is 578 g/mol. The highest BCUT2D eigenvalue weighted by Gasteiger charge is 2.39. The van der Waals surface area contributed by atoms with Crippen molar-refractivity contribution in [3.63, 3.8) is 0 Å². The Bertz CT molecular complexity index is 1630. The van der Waals surface area contributed by atoms with Crippen LogP contribution in [0.15, 0.2) is 48.8 Å². The van der Waals surface area contributed by atoms with Crippen LogP contribution in [0, 0.1) is 11.3 Å². The maximum absolute atomic E-state index is 13.3. The van der Waals surface area contributed by atoms with E-state index in [1.165, 1.54) is 15.6 Å². The molecule has 2 fully saturated rings. The van der Waals surface area contributed by atoms with E-state index in [-0.39, 0.29) is 42.1 Å². The van der Waals surface area contributed by atoms with Gasteiger partial charge in [0, 0.05) is 49.9 Å². The standard InChI is InChI=1S/C29H25F3N6O4/c30-29(31,32)20-7-17(11-33)8-21(10-20)38-14-18(12-34-38)13-36-6-5-23(16-36)42-22-1-2-24-19(9-22)15-37(28(24)41)25-3-4-26(39)35-27(25)40/h1-2,7-10,12,14,23,25H,3-6,13,15-16H2,(H,35,39,40)/t23-,25?/m0/s1. The molecule has 0 spiro atoms. The number of hydrogen-bond donors (Lipinski definition) is 1. The molecule has 1 unspecified atom stereocenters. The number of rotatable bonds is 6. The van der Waals surface area contributed by atoms with Crippen LogP contribution in [0.4, 0.5) is 13.2 Å². The minimum Gasteiger partial charge on any atom is -0.489 e. The van der Waals surface area contributed by atoms with Gasteiger partial charge < -0.3 is 9.64 Å². The van der Waals surface area contributed by atoms with E-state index in [2.05, 4.69) is 15.3 Å². The van der Waals surface area contributed by atoms with Gasteiger partial charge in [-0.2, -0.15) is 23.5 Å². The lowest BCUT2D eigenvalue weighted by Gasteiger charge is -2.29. The molecule has 4 heterocycles. The van der Waals surface area contributed by atoms with Crippen LogP contribution in [0.2, 0.25) is 0 Å². The molecule has 216 valence electrons. The molecule has 0 aliphatic carbocycles. The molecule has 6 rings (SSSR count). The van der Waals surface area contributed by atoms with Crippen LogP contribution in [0.1, 0.15) is 51.9 Å². The summed E-state index contributed by atoms with van der Waals surface area (Å²) in [7, 11) is 0. The summed E-state index contributed by atoms with van der Waals surface area (Å²) in [5, 5.41) is 15.7. The molecule has 2 aromatic carbocycles. The zero-order valence-corrected chi connectivity index (χ0v) is 22.2. The van der Waals surface area contributed by atoms with E-state index in [0.29, 0.717) is 30.8 Å². The number of carbonyl (C=O) groups is 3. The van der Waals surface area contributed by atoms with E-state index in [4.69, 9.17) is 10.00 Å². The molecule has 2 atom stereocenters. The number of amides is 3. The molecule has 3 amide bonds. The van der Waals surface area contributed by atoms with Gasteiger partial charge in [0.25, 0.3) is 5.91 Å². The van der Waals surface area contributed by atoms with Crippen molar-refractivity contribution >= 4 is 17.7 Å². The van der Waals surface area contributed by atoms with Gasteiger partial charge in [0.05, 0.1) is 29.1 Å². The third-order valence-electron chi connectivity index (χ3n) is 7.71. The summed E-state index contributed by atoms with van der Waals surface area (Å²) in [5.74, 6) is -0.417. The molecular formula is C29H25F3N6O4. The first-order valence-electron chi connectivity index (χ1n) is 13.4. The number of nitrogens with zero attached hydrogens (tertiary/aromatic N) is 5. The van der Waals surface area contributed by atoms with Crippen LogP contribution in [-0.2, 0) is 28.9 Å². The number of hydrogen-bond acceptors (Lipinski definition) is 7. The molecule has 1 N–H and O–H groups in total. The quantitative estimate of drug-likeness (QED) is 0.446. The predicted octanol–water partition coefficient (Wildman–Crippen LogP) is 3.18. The Morgan fingerprint density at radius 3 is 2.71 bits per heavy atom. The van der Waals surface area contributed by atoms with Gasteiger partial charge in [-0.05, 0) is 54.8 Å². The molecule has 10 nitrogen and oxygen atoms in total. The summed E-state index contributed by atoms with van der Waals surface area (Å²) in [6.45, 7) is 2.14. The average molecular weight is 579 g/mol. The van der Waals surface area contributed by atoms with E-state index in [1.54, 1.807) is 30.6 Å². The fourth-order valence-electron chi connectivity index (χ4n) is 5.67. The minimum atomic E-state index is -4.58. The fraction of sp³-hybridized carbons (Fsp3) is 0.345. The normalized spacial score (nSPS) is 20.9. The summed E-state index contributed by atoms with van der Waals surface area (Å²) in [6.07, 6.45) is -0.205. The number of alkyl halides is 3. The van der Waals surface area contributed by atoms with Gasteiger partial charge in [0.1, 0.15) is 17.9 Å². The summed E-state index contributed by atoms with van der Waals surface area (Å²) < 4.78 is 47.4. The lowest BCUT2D eigenvalue weighted by molar-refractivity contribution is -0.138. The Kier molecular flexibility index (Phi) is 6.94. The first-order chi connectivity index (χ1) is 20.1. The van der Waals surface area contributed by atoms with E-state index in [0.717, 1.165) is 36.2 Å². The van der Waals surface area contributed by atoms with Crippen molar-refractivity contribution in [1.29, 1.82) is 5.26 Å². The molecular weight excluding hydrogens is 553 g/mol. The van der Waals surface area contributed by atoms with Crippen LogP contribution in [0.3, 0.4) is 0 Å². The van der Waals surface area contributed by atoms with E-state index in [9.17, 15) is 27.6 Å². The first-order valence-corrected chi connectivity index (χ1v) is 13.4. The lowest BCUT2D eigenvalue weighted by atomic mass is 10.0. The second-order valence-corrected chi connectivity index (χ2v) is 10.7. The molecule has 42 heavy (non-hydrogen) atoms. The number of carbonyl (C=O) groups excluding carboxylic acids is 3. The number of halogens is 3. The van der Waals surface area contributed by atoms with Crippen LogP contribution in [0.25, 0.3) is 5.69 Å². The molecule has 3 aliphatic rings. The third-order valence-corrected chi connectivity index (χ3v) is 7.71. The van der Waals surface area contributed by atoms with Crippen LogP contribution in [0.5, 0.6) is 5.75 Å². The highest BCUT2D eigenvalue weighted by molar-refractivity contribution is 6.05. The van der Waals surface area contributed by atoms with Crippen LogP contribution in [-0.4, -0.2) is 62.5 Å².